The zero-order chi connectivity index (χ0) is 15.7. The van der Waals surface area contributed by atoms with Crippen LogP contribution in [0.2, 0.25) is 0 Å². The zero-order valence-corrected chi connectivity index (χ0v) is 13.2. The number of fused-ring (bicyclic) bond motifs is 1. The van der Waals surface area contributed by atoms with Crippen molar-refractivity contribution in [2.24, 2.45) is 5.92 Å². The van der Waals surface area contributed by atoms with Crippen LogP contribution >= 0.6 is 0 Å². The highest BCUT2D eigenvalue weighted by Crippen LogP contribution is 2.36. The molecule has 1 aromatic heterocycles. The molecular weight excluding hydrogens is 278 g/mol. The highest BCUT2D eigenvalue weighted by molar-refractivity contribution is 5.79. The molecule has 0 saturated heterocycles. The van der Waals surface area contributed by atoms with Crippen LogP contribution in [-0.4, -0.2) is 22.6 Å². The van der Waals surface area contributed by atoms with Crippen molar-refractivity contribution >= 4 is 23.0 Å². The van der Waals surface area contributed by atoms with Crippen LogP contribution in [0.25, 0.3) is 11.0 Å². The van der Waals surface area contributed by atoms with Crippen LogP contribution in [0.1, 0.15) is 44.2 Å². The number of nitrogen functional groups attached to an aromatic ring is 1. The molecule has 0 aliphatic heterocycles. The van der Waals surface area contributed by atoms with Gasteiger partial charge in [0.1, 0.15) is 0 Å². The largest absolute Gasteiger partial charge is 0.469 e. The quantitative estimate of drug-likeness (QED) is 0.884. The molecule has 5 heteroatoms. The van der Waals surface area contributed by atoms with Crippen LogP contribution in [0.4, 0.5) is 5.95 Å². The lowest BCUT2D eigenvalue weighted by molar-refractivity contribution is -0.146. The molecule has 0 atom stereocenters. The van der Waals surface area contributed by atoms with Gasteiger partial charge in [-0.15, -0.1) is 0 Å². The second-order valence-corrected chi connectivity index (χ2v) is 6.05. The number of rotatable bonds is 3. The number of anilines is 1. The SMILES string of the molecule is CCc1ccc2nc(N)n(C3CCC(C(=O)OC)CC3)c2c1. The lowest BCUT2D eigenvalue weighted by Gasteiger charge is -2.28. The Morgan fingerprint density at radius 2 is 2.09 bits per heavy atom. The first-order valence-corrected chi connectivity index (χ1v) is 7.98. The van der Waals surface area contributed by atoms with E-state index in [1.165, 1.54) is 12.7 Å². The zero-order valence-electron chi connectivity index (χ0n) is 13.2. The van der Waals surface area contributed by atoms with Crippen LogP contribution in [0, 0.1) is 5.92 Å². The van der Waals surface area contributed by atoms with Crippen molar-refractivity contribution in [3.05, 3.63) is 23.8 Å². The third-order valence-electron chi connectivity index (χ3n) is 4.79. The number of imidazole rings is 1. The molecule has 1 aliphatic carbocycles. The van der Waals surface area contributed by atoms with Crippen molar-refractivity contribution in [1.29, 1.82) is 0 Å². The molecule has 0 bridgehead atoms. The Morgan fingerprint density at radius 1 is 1.36 bits per heavy atom. The predicted molar refractivity (Wildman–Crippen MR) is 86.5 cm³/mol. The van der Waals surface area contributed by atoms with Gasteiger partial charge < -0.3 is 15.0 Å². The standard InChI is InChI=1S/C17H23N3O2/c1-3-11-4-9-14-15(10-11)20(17(18)19-14)13-7-5-12(6-8-13)16(21)22-2/h4,9-10,12-13H,3,5-8H2,1-2H3,(H2,18,19). The number of aryl methyl sites for hydroxylation is 1. The summed E-state index contributed by atoms with van der Waals surface area (Å²) in [5.41, 5.74) is 9.50. The van der Waals surface area contributed by atoms with E-state index in [9.17, 15) is 4.79 Å². The molecule has 1 saturated carbocycles. The molecule has 0 spiro atoms. The third-order valence-corrected chi connectivity index (χ3v) is 4.79. The maximum atomic E-state index is 11.7. The molecule has 22 heavy (non-hydrogen) atoms. The summed E-state index contributed by atoms with van der Waals surface area (Å²) in [7, 11) is 1.46. The Bertz CT molecular complexity index is 685. The van der Waals surface area contributed by atoms with Crippen LogP contribution in [-0.2, 0) is 16.0 Å². The van der Waals surface area contributed by atoms with Gasteiger partial charge in [-0.3, -0.25) is 4.79 Å². The second kappa shape index (κ2) is 5.99. The second-order valence-electron chi connectivity index (χ2n) is 6.05. The van der Waals surface area contributed by atoms with E-state index in [1.54, 1.807) is 0 Å². The number of hydrogen-bond donors (Lipinski definition) is 1. The van der Waals surface area contributed by atoms with Crippen LogP contribution < -0.4 is 5.73 Å². The molecular formula is C17H23N3O2. The number of carbonyl (C=O) groups is 1. The Morgan fingerprint density at radius 3 is 2.73 bits per heavy atom. The summed E-state index contributed by atoms with van der Waals surface area (Å²) in [4.78, 5) is 16.1. The molecule has 0 unspecified atom stereocenters. The van der Waals surface area contributed by atoms with Crippen molar-refractivity contribution in [1.82, 2.24) is 9.55 Å². The molecule has 0 radical (unpaired) electrons. The third kappa shape index (κ3) is 2.56. The monoisotopic (exact) mass is 301 g/mol. The summed E-state index contributed by atoms with van der Waals surface area (Å²) in [6.07, 6.45) is 4.57. The molecule has 3 rings (SSSR count). The lowest BCUT2D eigenvalue weighted by atomic mass is 9.86. The van der Waals surface area contributed by atoms with E-state index in [-0.39, 0.29) is 11.9 Å². The first-order valence-electron chi connectivity index (χ1n) is 7.98. The summed E-state index contributed by atoms with van der Waals surface area (Å²) in [6.45, 7) is 2.15. The van der Waals surface area contributed by atoms with Crippen LogP contribution in [0.5, 0.6) is 0 Å². The van der Waals surface area contributed by atoms with E-state index in [1.807, 2.05) is 6.07 Å². The average molecular weight is 301 g/mol. The van der Waals surface area contributed by atoms with Crippen LogP contribution in [0.3, 0.4) is 0 Å². The van der Waals surface area contributed by atoms with Gasteiger partial charge in [0.2, 0.25) is 5.95 Å². The Hall–Kier alpha value is -2.04. The maximum Gasteiger partial charge on any atom is 0.308 e. The Balaban J connectivity index is 1.87. The van der Waals surface area contributed by atoms with Gasteiger partial charge in [0.15, 0.2) is 0 Å². The summed E-state index contributed by atoms with van der Waals surface area (Å²) >= 11 is 0. The van der Waals surface area contributed by atoms with Crippen molar-refractivity contribution in [2.45, 2.75) is 45.1 Å². The smallest absolute Gasteiger partial charge is 0.308 e. The number of nitrogens with two attached hydrogens (primary N) is 1. The fourth-order valence-electron chi connectivity index (χ4n) is 3.50. The van der Waals surface area contributed by atoms with Crippen molar-refractivity contribution in [3.8, 4) is 0 Å². The Kier molecular flexibility index (Phi) is 4.05. The van der Waals surface area contributed by atoms with Gasteiger partial charge in [0.05, 0.1) is 24.1 Å². The van der Waals surface area contributed by atoms with Gasteiger partial charge in [0, 0.05) is 6.04 Å². The molecule has 1 heterocycles. The minimum absolute atomic E-state index is 0.0310. The minimum Gasteiger partial charge on any atom is -0.469 e. The van der Waals surface area contributed by atoms with Crippen molar-refractivity contribution < 1.29 is 9.53 Å². The number of benzene rings is 1. The van der Waals surface area contributed by atoms with E-state index in [0.717, 1.165) is 43.1 Å². The predicted octanol–water partition coefficient (Wildman–Crippen LogP) is 3.09. The normalized spacial score (nSPS) is 21.9. The number of methoxy groups -OCH3 is 1. The van der Waals surface area contributed by atoms with E-state index in [4.69, 9.17) is 10.5 Å². The summed E-state index contributed by atoms with van der Waals surface area (Å²) in [5.74, 6) is 0.517. The lowest BCUT2D eigenvalue weighted by Crippen LogP contribution is -2.25. The molecule has 5 nitrogen and oxygen atoms in total. The number of esters is 1. The first-order chi connectivity index (χ1) is 10.6. The van der Waals surface area contributed by atoms with E-state index >= 15 is 0 Å². The van der Waals surface area contributed by atoms with Crippen molar-refractivity contribution in [2.75, 3.05) is 12.8 Å². The molecule has 2 aromatic rings. The van der Waals surface area contributed by atoms with Gasteiger partial charge >= 0.3 is 5.97 Å². The summed E-state index contributed by atoms with van der Waals surface area (Å²) in [6, 6.07) is 6.65. The maximum absolute atomic E-state index is 11.7. The number of carbonyl (C=O) groups excluding carboxylic acids is 1. The molecule has 118 valence electrons. The van der Waals surface area contributed by atoms with Crippen LogP contribution in [0.15, 0.2) is 18.2 Å². The van der Waals surface area contributed by atoms with Gasteiger partial charge in [-0.05, 0) is 49.8 Å². The number of aromatic nitrogens is 2. The van der Waals surface area contributed by atoms with E-state index in [2.05, 4.69) is 28.6 Å². The van der Waals surface area contributed by atoms with E-state index in [0.29, 0.717) is 12.0 Å². The van der Waals surface area contributed by atoms with Gasteiger partial charge in [-0.1, -0.05) is 13.0 Å². The Labute approximate surface area is 130 Å². The number of hydrogen-bond acceptors (Lipinski definition) is 4. The minimum atomic E-state index is -0.0878. The fraction of sp³-hybridized carbons (Fsp3) is 0.529. The first kappa shape index (κ1) is 14.9. The highest BCUT2D eigenvalue weighted by atomic mass is 16.5. The average Bonchev–Trinajstić information content (AvgIpc) is 2.89. The topological polar surface area (TPSA) is 70.1 Å². The molecule has 1 aromatic carbocycles. The van der Waals surface area contributed by atoms with Gasteiger partial charge in [-0.2, -0.15) is 0 Å². The number of nitrogens with zero attached hydrogens (tertiary/aromatic N) is 2. The fourth-order valence-corrected chi connectivity index (χ4v) is 3.50. The van der Waals surface area contributed by atoms with E-state index < -0.39 is 0 Å². The highest BCUT2D eigenvalue weighted by Gasteiger charge is 2.29. The van der Waals surface area contributed by atoms with Gasteiger partial charge in [-0.25, -0.2) is 4.98 Å². The molecule has 2 N–H and O–H groups in total. The number of ether oxygens (including phenoxy) is 1. The molecule has 1 aliphatic rings. The molecule has 0 amide bonds. The van der Waals surface area contributed by atoms with Crippen molar-refractivity contribution in [3.63, 3.8) is 0 Å². The summed E-state index contributed by atoms with van der Waals surface area (Å²) < 4.78 is 7.01. The summed E-state index contributed by atoms with van der Waals surface area (Å²) in [5, 5.41) is 0. The molecule has 1 fully saturated rings. The van der Waals surface area contributed by atoms with Gasteiger partial charge in [0.25, 0.3) is 0 Å².